The number of thiazole rings is 1. The molecule has 10 heteroatoms. The van der Waals surface area contributed by atoms with Gasteiger partial charge in [-0.25, -0.2) is 9.97 Å². The highest BCUT2D eigenvalue weighted by atomic mass is 35.5. The van der Waals surface area contributed by atoms with E-state index in [1.54, 1.807) is 48.5 Å². The summed E-state index contributed by atoms with van der Waals surface area (Å²) in [4.78, 5) is 37.9. The SMILES string of the molecule is C=CCOc1ccc(C2C(=C(O)c3nc4c(C)cccn4c3C)C(=O)C(=O)N2c2nc3ccc(Cl)cc3s2)cc1. The normalized spacial score (nSPS) is 16.8. The second kappa shape index (κ2) is 9.93. The molecule has 1 atom stereocenters. The summed E-state index contributed by atoms with van der Waals surface area (Å²) in [6.07, 6.45) is 3.48. The number of hydrogen-bond acceptors (Lipinski definition) is 7. The Morgan fingerprint density at radius 2 is 1.93 bits per heavy atom. The molecule has 1 aliphatic heterocycles. The Morgan fingerprint density at radius 3 is 2.65 bits per heavy atom. The van der Waals surface area contributed by atoms with Crippen molar-refractivity contribution in [2.45, 2.75) is 19.9 Å². The Balaban J connectivity index is 1.56. The zero-order valence-corrected chi connectivity index (χ0v) is 23.2. The lowest BCUT2D eigenvalue weighted by Crippen LogP contribution is -2.29. The third-order valence-corrected chi connectivity index (χ3v) is 8.11. The summed E-state index contributed by atoms with van der Waals surface area (Å²) >= 11 is 7.43. The number of carbonyl (C=O) groups excluding carboxylic acids is 2. The maximum Gasteiger partial charge on any atom is 0.301 e. The van der Waals surface area contributed by atoms with Crippen molar-refractivity contribution < 1.29 is 19.4 Å². The van der Waals surface area contributed by atoms with E-state index in [-0.39, 0.29) is 17.0 Å². The molecule has 1 fully saturated rings. The molecule has 5 aromatic rings. The van der Waals surface area contributed by atoms with Crippen LogP contribution >= 0.6 is 22.9 Å². The molecule has 40 heavy (non-hydrogen) atoms. The highest BCUT2D eigenvalue weighted by Crippen LogP contribution is 2.45. The van der Waals surface area contributed by atoms with Crippen molar-refractivity contribution in [3.8, 4) is 5.75 Å². The van der Waals surface area contributed by atoms with E-state index in [1.165, 1.54) is 16.2 Å². The Hall–Kier alpha value is -4.47. The van der Waals surface area contributed by atoms with E-state index in [2.05, 4.69) is 16.5 Å². The summed E-state index contributed by atoms with van der Waals surface area (Å²) in [7, 11) is 0. The van der Waals surface area contributed by atoms with Gasteiger partial charge in [-0.2, -0.15) is 0 Å². The summed E-state index contributed by atoms with van der Waals surface area (Å²) in [5, 5.41) is 12.5. The minimum atomic E-state index is -0.949. The lowest BCUT2D eigenvalue weighted by Gasteiger charge is -2.23. The van der Waals surface area contributed by atoms with Gasteiger partial charge < -0.3 is 14.2 Å². The number of ketones is 1. The minimum absolute atomic E-state index is 0.0637. The molecule has 1 saturated heterocycles. The highest BCUT2D eigenvalue weighted by Gasteiger charge is 2.48. The summed E-state index contributed by atoms with van der Waals surface area (Å²) in [5.41, 5.74) is 3.62. The number of aromatic nitrogens is 3. The molecule has 0 saturated carbocycles. The molecule has 0 radical (unpaired) electrons. The second-order valence-corrected chi connectivity index (χ2v) is 10.8. The van der Waals surface area contributed by atoms with Gasteiger partial charge in [0.2, 0.25) is 0 Å². The largest absolute Gasteiger partial charge is 0.505 e. The number of nitrogens with zero attached hydrogens (tertiary/aromatic N) is 4. The number of aryl methyl sites for hydroxylation is 2. The van der Waals surface area contributed by atoms with E-state index in [0.29, 0.717) is 44.9 Å². The number of aliphatic hydroxyl groups is 1. The Kier molecular flexibility index (Phi) is 6.40. The molecular weight excluding hydrogens is 548 g/mol. The highest BCUT2D eigenvalue weighted by molar-refractivity contribution is 7.22. The molecule has 0 bridgehead atoms. The van der Waals surface area contributed by atoms with Gasteiger partial charge in [-0.05, 0) is 61.4 Å². The fraction of sp³-hybridized carbons (Fsp3) is 0.133. The van der Waals surface area contributed by atoms with Crippen LogP contribution in [0.15, 0.2) is 79.0 Å². The van der Waals surface area contributed by atoms with Crippen molar-refractivity contribution in [1.82, 2.24) is 14.4 Å². The number of amides is 1. The van der Waals surface area contributed by atoms with E-state index < -0.39 is 17.7 Å². The van der Waals surface area contributed by atoms with Crippen LogP contribution in [-0.2, 0) is 9.59 Å². The predicted octanol–water partition coefficient (Wildman–Crippen LogP) is 6.41. The van der Waals surface area contributed by atoms with Crippen molar-refractivity contribution in [2.75, 3.05) is 11.5 Å². The van der Waals surface area contributed by atoms with Crippen molar-refractivity contribution in [3.05, 3.63) is 107 Å². The van der Waals surface area contributed by atoms with Gasteiger partial charge in [-0.15, -0.1) is 0 Å². The molecule has 6 rings (SSSR count). The number of hydrogen-bond donors (Lipinski definition) is 1. The van der Waals surface area contributed by atoms with E-state index in [9.17, 15) is 14.7 Å². The van der Waals surface area contributed by atoms with E-state index in [0.717, 1.165) is 10.3 Å². The molecule has 200 valence electrons. The molecule has 1 amide bonds. The summed E-state index contributed by atoms with van der Waals surface area (Å²) in [5.74, 6) is -1.36. The monoisotopic (exact) mass is 570 g/mol. The Morgan fingerprint density at radius 1 is 1.15 bits per heavy atom. The first-order valence-electron chi connectivity index (χ1n) is 12.4. The van der Waals surface area contributed by atoms with Crippen LogP contribution in [0.2, 0.25) is 5.02 Å². The van der Waals surface area contributed by atoms with Gasteiger partial charge >= 0.3 is 5.91 Å². The number of imidazole rings is 1. The summed E-state index contributed by atoms with van der Waals surface area (Å²) in [6, 6.07) is 15.1. The number of pyridine rings is 1. The molecule has 1 N–H and O–H groups in total. The predicted molar refractivity (Wildman–Crippen MR) is 156 cm³/mol. The molecule has 0 spiro atoms. The molecule has 2 aromatic carbocycles. The quantitative estimate of drug-likeness (QED) is 0.110. The molecule has 0 aliphatic carbocycles. The van der Waals surface area contributed by atoms with Crippen LogP contribution in [0.1, 0.15) is 28.6 Å². The number of fused-ring (bicyclic) bond motifs is 2. The van der Waals surface area contributed by atoms with Crippen LogP contribution in [0.4, 0.5) is 5.13 Å². The second-order valence-electron chi connectivity index (χ2n) is 9.38. The van der Waals surface area contributed by atoms with Crippen LogP contribution in [0.3, 0.4) is 0 Å². The minimum Gasteiger partial charge on any atom is -0.505 e. The summed E-state index contributed by atoms with van der Waals surface area (Å²) in [6.45, 7) is 7.72. The topological polar surface area (TPSA) is 97.0 Å². The number of ether oxygens (including phenoxy) is 1. The van der Waals surface area contributed by atoms with Gasteiger partial charge in [0.15, 0.2) is 10.9 Å². The average Bonchev–Trinajstić information content (AvgIpc) is 3.60. The van der Waals surface area contributed by atoms with Gasteiger partial charge in [0.05, 0.1) is 27.5 Å². The van der Waals surface area contributed by atoms with Gasteiger partial charge in [0, 0.05) is 11.2 Å². The van der Waals surface area contributed by atoms with Crippen LogP contribution in [0.25, 0.3) is 21.6 Å². The lowest BCUT2D eigenvalue weighted by molar-refractivity contribution is -0.132. The van der Waals surface area contributed by atoms with Gasteiger partial charge in [-0.1, -0.05) is 53.8 Å². The number of carbonyl (C=O) groups is 2. The summed E-state index contributed by atoms with van der Waals surface area (Å²) < 4.78 is 8.23. The number of anilines is 1. The van der Waals surface area contributed by atoms with Crippen molar-refractivity contribution in [1.29, 1.82) is 0 Å². The van der Waals surface area contributed by atoms with Crippen LogP contribution in [0.5, 0.6) is 5.75 Å². The van der Waals surface area contributed by atoms with Crippen LogP contribution < -0.4 is 9.64 Å². The third kappa shape index (κ3) is 4.14. The molecule has 1 unspecified atom stereocenters. The third-order valence-electron chi connectivity index (χ3n) is 6.86. The van der Waals surface area contributed by atoms with Crippen LogP contribution in [-0.4, -0.2) is 37.8 Å². The average molecular weight is 571 g/mol. The van der Waals surface area contributed by atoms with E-state index in [4.69, 9.17) is 16.3 Å². The maximum absolute atomic E-state index is 13.6. The number of halogens is 1. The first-order chi connectivity index (χ1) is 19.3. The van der Waals surface area contributed by atoms with Gasteiger partial charge in [0.25, 0.3) is 5.78 Å². The number of benzene rings is 2. The maximum atomic E-state index is 13.6. The number of rotatable bonds is 6. The van der Waals surface area contributed by atoms with Gasteiger partial charge in [0.1, 0.15) is 23.7 Å². The zero-order chi connectivity index (χ0) is 28.1. The first kappa shape index (κ1) is 25.8. The standard InChI is InChI=1S/C30H23ClN4O4S/c1-4-14-39-20-10-7-18(8-11-20)25-23(26(36)24-17(3)34-13-5-6-16(2)28(34)33-24)27(37)29(38)35(25)30-32-21-12-9-19(31)15-22(21)40-30/h4-13,15,25,36H,1,14H2,2-3H3. The van der Waals surface area contributed by atoms with Crippen molar-refractivity contribution >= 4 is 61.4 Å². The van der Waals surface area contributed by atoms with Crippen molar-refractivity contribution in [2.24, 2.45) is 0 Å². The fourth-order valence-corrected chi connectivity index (χ4v) is 6.18. The molecular formula is C30H23ClN4O4S. The molecule has 1 aliphatic rings. The van der Waals surface area contributed by atoms with Crippen molar-refractivity contribution in [3.63, 3.8) is 0 Å². The lowest BCUT2D eigenvalue weighted by atomic mass is 9.96. The smallest absolute Gasteiger partial charge is 0.301 e. The van der Waals surface area contributed by atoms with E-state index >= 15 is 0 Å². The van der Waals surface area contributed by atoms with Gasteiger partial charge in [-0.3, -0.25) is 14.5 Å². The zero-order valence-electron chi connectivity index (χ0n) is 21.6. The first-order valence-corrected chi connectivity index (χ1v) is 13.6. The Labute approximate surface area is 238 Å². The molecule has 3 aromatic heterocycles. The van der Waals surface area contributed by atoms with Crippen LogP contribution in [0, 0.1) is 13.8 Å². The van der Waals surface area contributed by atoms with E-state index in [1.807, 2.05) is 36.6 Å². The molecule has 4 heterocycles. The number of aliphatic hydroxyl groups excluding tert-OH is 1. The number of Topliss-reactive ketones (excluding diaryl/α,β-unsaturated/α-hetero) is 1. The molecule has 8 nitrogen and oxygen atoms in total. The fourth-order valence-electron chi connectivity index (χ4n) is 4.91. The Bertz CT molecular complexity index is 1870.